The molecule has 0 fully saturated rings. The monoisotopic (exact) mass is 385 g/mol. The number of carboxylic acids is 1. The van der Waals surface area contributed by atoms with Gasteiger partial charge in [-0.3, -0.25) is 19.5 Å². The number of H-pyrrole nitrogens is 1. The summed E-state index contributed by atoms with van der Waals surface area (Å²) in [4.78, 5) is 35.9. The highest BCUT2D eigenvalue weighted by Gasteiger charge is 2.20. The predicted molar refractivity (Wildman–Crippen MR) is 100 cm³/mol. The van der Waals surface area contributed by atoms with E-state index < -0.39 is 23.5 Å². The number of rotatable bonds is 6. The van der Waals surface area contributed by atoms with Crippen LogP contribution in [0.15, 0.2) is 65.5 Å². The molecule has 0 radical (unpaired) electrons. The predicted octanol–water partition coefficient (Wildman–Crippen LogP) is 2.76. The van der Waals surface area contributed by atoms with E-state index in [4.69, 9.17) is 16.7 Å². The van der Waals surface area contributed by atoms with Crippen LogP contribution >= 0.6 is 11.6 Å². The number of aliphatic carboxylic acids is 1. The third kappa shape index (κ3) is 4.45. The smallest absolute Gasteiger partial charge is 0.305 e. The van der Waals surface area contributed by atoms with E-state index in [1.54, 1.807) is 48.5 Å². The summed E-state index contributed by atoms with van der Waals surface area (Å²) in [7, 11) is 0. The number of hydrogen-bond acceptors (Lipinski definition) is 3. The number of carbonyl (C=O) groups is 2. The Hall–Kier alpha value is -3.32. The number of halogens is 1. The van der Waals surface area contributed by atoms with Gasteiger partial charge in [0.15, 0.2) is 0 Å². The highest BCUT2D eigenvalue weighted by Crippen LogP contribution is 2.20. The first-order chi connectivity index (χ1) is 12.9. The van der Waals surface area contributed by atoms with Crippen LogP contribution in [0.2, 0.25) is 5.02 Å². The number of para-hydroxylation sites is 1. The molecule has 3 rings (SSSR count). The van der Waals surface area contributed by atoms with Crippen molar-refractivity contribution in [3.05, 3.63) is 87.3 Å². The van der Waals surface area contributed by atoms with Crippen molar-refractivity contribution in [3.63, 3.8) is 0 Å². The van der Waals surface area contributed by atoms with Crippen LogP contribution in [-0.2, 0) is 4.79 Å². The summed E-state index contributed by atoms with van der Waals surface area (Å²) in [6, 6.07) is 15.7. The molecule has 1 amide bonds. The SMILES string of the molecule is O=C(O)CC(NC(=O)c1cc(=O)n(-c2ccccc2)[nH]1)c1ccc(Cl)cc1. The lowest BCUT2D eigenvalue weighted by atomic mass is 10.0. The number of aromatic amines is 1. The molecule has 0 aliphatic heterocycles. The van der Waals surface area contributed by atoms with Crippen LogP contribution in [0, 0.1) is 0 Å². The first-order valence-corrected chi connectivity index (χ1v) is 8.47. The van der Waals surface area contributed by atoms with Gasteiger partial charge in [-0.05, 0) is 29.8 Å². The molecule has 3 N–H and O–H groups in total. The van der Waals surface area contributed by atoms with Crippen LogP contribution < -0.4 is 10.9 Å². The topological polar surface area (TPSA) is 104 Å². The Kier molecular flexibility index (Phi) is 5.42. The number of nitrogens with zero attached hydrogens (tertiary/aromatic N) is 1. The van der Waals surface area contributed by atoms with E-state index in [2.05, 4.69) is 10.4 Å². The zero-order chi connectivity index (χ0) is 19.4. The number of carbonyl (C=O) groups excluding carboxylic acids is 1. The summed E-state index contributed by atoms with van der Waals surface area (Å²) in [5.41, 5.74) is 0.821. The van der Waals surface area contributed by atoms with Crippen molar-refractivity contribution in [1.29, 1.82) is 0 Å². The molecule has 1 aromatic heterocycles. The average Bonchev–Trinajstić information content (AvgIpc) is 3.04. The van der Waals surface area contributed by atoms with E-state index >= 15 is 0 Å². The zero-order valence-electron chi connectivity index (χ0n) is 14.1. The normalized spacial score (nSPS) is 11.7. The minimum Gasteiger partial charge on any atom is -0.481 e. The first-order valence-electron chi connectivity index (χ1n) is 8.09. The van der Waals surface area contributed by atoms with Gasteiger partial charge in [0.05, 0.1) is 18.2 Å². The van der Waals surface area contributed by atoms with Crippen LogP contribution in [0.1, 0.15) is 28.5 Å². The Morgan fingerprint density at radius 3 is 2.41 bits per heavy atom. The Morgan fingerprint density at radius 1 is 1.11 bits per heavy atom. The summed E-state index contributed by atoms with van der Waals surface area (Å²) in [6.45, 7) is 0. The maximum Gasteiger partial charge on any atom is 0.305 e. The quantitative estimate of drug-likeness (QED) is 0.606. The Morgan fingerprint density at radius 2 is 1.78 bits per heavy atom. The third-order valence-corrected chi connectivity index (χ3v) is 4.19. The molecular formula is C19H16ClN3O4. The van der Waals surface area contributed by atoms with Crippen molar-refractivity contribution >= 4 is 23.5 Å². The van der Waals surface area contributed by atoms with E-state index in [0.717, 1.165) is 0 Å². The fourth-order valence-electron chi connectivity index (χ4n) is 2.64. The maximum absolute atomic E-state index is 12.6. The minimum atomic E-state index is -1.06. The summed E-state index contributed by atoms with van der Waals surface area (Å²) in [5, 5.41) is 15.0. The summed E-state index contributed by atoms with van der Waals surface area (Å²) >= 11 is 5.86. The highest BCUT2D eigenvalue weighted by molar-refractivity contribution is 6.30. The third-order valence-electron chi connectivity index (χ3n) is 3.94. The number of benzene rings is 2. The van der Waals surface area contributed by atoms with E-state index in [1.165, 1.54) is 10.7 Å². The molecule has 7 nitrogen and oxygen atoms in total. The molecule has 8 heteroatoms. The molecule has 0 spiro atoms. The van der Waals surface area contributed by atoms with Gasteiger partial charge < -0.3 is 10.4 Å². The van der Waals surface area contributed by atoms with Crippen LogP contribution in [0.25, 0.3) is 5.69 Å². The molecule has 3 aromatic rings. The van der Waals surface area contributed by atoms with Crippen molar-refractivity contribution in [3.8, 4) is 5.69 Å². The lowest BCUT2D eigenvalue weighted by Gasteiger charge is -2.17. The molecule has 1 heterocycles. The Bertz CT molecular complexity index is 1010. The van der Waals surface area contributed by atoms with Gasteiger partial charge in [0.25, 0.3) is 11.5 Å². The van der Waals surface area contributed by atoms with Gasteiger partial charge in [-0.15, -0.1) is 0 Å². The van der Waals surface area contributed by atoms with Gasteiger partial charge in [-0.1, -0.05) is 41.9 Å². The average molecular weight is 386 g/mol. The van der Waals surface area contributed by atoms with Crippen molar-refractivity contribution in [2.75, 3.05) is 0 Å². The van der Waals surface area contributed by atoms with Crippen molar-refractivity contribution in [2.24, 2.45) is 0 Å². The van der Waals surface area contributed by atoms with Crippen LogP contribution in [0.4, 0.5) is 0 Å². The van der Waals surface area contributed by atoms with Gasteiger partial charge >= 0.3 is 5.97 Å². The van der Waals surface area contributed by atoms with Crippen LogP contribution in [-0.4, -0.2) is 26.8 Å². The summed E-state index contributed by atoms with van der Waals surface area (Å²) in [5.74, 6) is -1.64. The number of aromatic nitrogens is 2. The van der Waals surface area contributed by atoms with Crippen molar-refractivity contribution < 1.29 is 14.7 Å². The largest absolute Gasteiger partial charge is 0.481 e. The molecule has 0 bridgehead atoms. The fourth-order valence-corrected chi connectivity index (χ4v) is 2.76. The zero-order valence-corrected chi connectivity index (χ0v) is 14.8. The van der Waals surface area contributed by atoms with Gasteiger partial charge in [0.1, 0.15) is 5.69 Å². The van der Waals surface area contributed by atoms with Crippen LogP contribution in [0.3, 0.4) is 0 Å². The van der Waals surface area contributed by atoms with Crippen molar-refractivity contribution in [1.82, 2.24) is 15.1 Å². The van der Waals surface area contributed by atoms with Gasteiger partial charge in [0, 0.05) is 11.1 Å². The highest BCUT2D eigenvalue weighted by atomic mass is 35.5. The lowest BCUT2D eigenvalue weighted by molar-refractivity contribution is -0.137. The number of carboxylic acid groups (broad SMARTS) is 1. The van der Waals surface area contributed by atoms with Gasteiger partial charge in [-0.2, -0.15) is 0 Å². The lowest BCUT2D eigenvalue weighted by Crippen LogP contribution is -2.30. The fraction of sp³-hybridized carbons (Fsp3) is 0.105. The maximum atomic E-state index is 12.6. The summed E-state index contributed by atoms with van der Waals surface area (Å²) < 4.78 is 1.24. The van der Waals surface area contributed by atoms with E-state index in [1.807, 2.05) is 6.07 Å². The van der Waals surface area contributed by atoms with Gasteiger partial charge in [0.2, 0.25) is 0 Å². The standard InChI is InChI=1S/C19H16ClN3O4/c20-13-8-6-12(7-9-13)15(11-18(25)26)21-19(27)16-10-17(24)23(22-16)14-4-2-1-3-5-14/h1-10,15,22H,11H2,(H,21,27)(H,25,26). The molecule has 138 valence electrons. The second-order valence-electron chi connectivity index (χ2n) is 5.85. The van der Waals surface area contributed by atoms with E-state index in [-0.39, 0.29) is 12.1 Å². The van der Waals surface area contributed by atoms with Gasteiger partial charge in [-0.25, -0.2) is 4.68 Å². The molecule has 0 saturated carbocycles. The van der Waals surface area contributed by atoms with Crippen LogP contribution in [0.5, 0.6) is 0 Å². The molecule has 0 saturated heterocycles. The van der Waals surface area contributed by atoms with E-state index in [0.29, 0.717) is 16.3 Å². The number of nitrogens with one attached hydrogen (secondary N) is 2. The molecule has 27 heavy (non-hydrogen) atoms. The molecule has 1 unspecified atom stereocenters. The first kappa shape index (κ1) is 18.5. The Balaban J connectivity index is 1.85. The van der Waals surface area contributed by atoms with Crippen molar-refractivity contribution in [2.45, 2.75) is 12.5 Å². The van der Waals surface area contributed by atoms with E-state index in [9.17, 15) is 14.4 Å². The molecule has 0 aliphatic carbocycles. The molecule has 1 atom stereocenters. The molecule has 2 aromatic carbocycles. The second kappa shape index (κ2) is 7.92. The minimum absolute atomic E-state index is 0.0354. The second-order valence-corrected chi connectivity index (χ2v) is 6.29. The number of amides is 1. The number of hydrogen-bond donors (Lipinski definition) is 3. The molecule has 0 aliphatic rings. The Labute approximate surface area is 159 Å². The molecular weight excluding hydrogens is 370 g/mol. The summed E-state index contributed by atoms with van der Waals surface area (Å²) in [6.07, 6.45) is -0.309.